The van der Waals surface area contributed by atoms with Gasteiger partial charge in [-0.1, -0.05) is 26.0 Å². The molecular weight excluding hydrogens is 266 g/mol. The number of amides is 1. The van der Waals surface area contributed by atoms with Gasteiger partial charge in [0.25, 0.3) is 0 Å². The van der Waals surface area contributed by atoms with Crippen molar-refractivity contribution in [2.45, 2.75) is 26.7 Å². The molecule has 5 heteroatoms. The second kappa shape index (κ2) is 10.0. The van der Waals surface area contributed by atoms with Gasteiger partial charge >= 0.3 is 0 Å². The van der Waals surface area contributed by atoms with Crippen molar-refractivity contribution < 1.29 is 9.53 Å². The average Bonchev–Trinajstić information content (AvgIpc) is 2.48. The zero-order valence-corrected chi connectivity index (χ0v) is 13.1. The third kappa shape index (κ3) is 6.99. The van der Waals surface area contributed by atoms with Crippen LogP contribution in [-0.2, 0) is 4.79 Å². The first kappa shape index (κ1) is 17.3. The number of nitrogens with zero attached hydrogens (tertiary/aromatic N) is 1. The lowest BCUT2D eigenvalue weighted by Crippen LogP contribution is -2.35. The zero-order valence-electron chi connectivity index (χ0n) is 13.1. The molecule has 0 radical (unpaired) electrons. The van der Waals surface area contributed by atoms with Gasteiger partial charge in [0.2, 0.25) is 5.91 Å². The van der Waals surface area contributed by atoms with Gasteiger partial charge in [-0.3, -0.25) is 4.79 Å². The number of nitrogen functional groups attached to an aromatic ring is 1. The SMILES string of the molecule is CCCN(CC)CCNC(=O)CCOc1ccccc1N. The first-order chi connectivity index (χ1) is 10.2. The fourth-order valence-electron chi connectivity index (χ4n) is 2.05. The number of hydrogen-bond donors (Lipinski definition) is 2. The summed E-state index contributed by atoms with van der Waals surface area (Å²) < 4.78 is 5.50. The van der Waals surface area contributed by atoms with E-state index in [2.05, 4.69) is 24.1 Å². The lowest BCUT2D eigenvalue weighted by molar-refractivity contribution is -0.121. The third-order valence-electron chi connectivity index (χ3n) is 3.24. The molecule has 0 atom stereocenters. The molecule has 0 aliphatic heterocycles. The van der Waals surface area contributed by atoms with E-state index in [0.29, 0.717) is 31.0 Å². The van der Waals surface area contributed by atoms with Crippen LogP contribution in [0.2, 0.25) is 0 Å². The summed E-state index contributed by atoms with van der Waals surface area (Å²) in [5.41, 5.74) is 6.36. The van der Waals surface area contributed by atoms with Gasteiger partial charge in [-0.2, -0.15) is 0 Å². The molecule has 1 amide bonds. The molecule has 5 nitrogen and oxygen atoms in total. The Labute approximate surface area is 127 Å². The number of nitrogens with one attached hydrogen (secondary N) is 1. The molecule has 0 aliphatic rings. The summed E-state index contributed by atoms with van der Waals surface area (Å²) in [6.45, 7) is 8.29. The van der Waals surface area contributed by atoms with Crippen molar-refractivity contribution in [3.05, 3.63) is 24.3 Å². The van der Waals surface area contributed by atoms with Gasteiger partial charge in [0, 0.05) is 13.1 Å². The van der Waals surface area contributed by atoms with Crippen molar-refractivity contribution >= 4 is 11.6 Å². The number of nitrogens with two attached hydrogens (primary N) is 1. The van der Waals surface area contributed by atoms with Crippen molar-refractivity contribution in [3.8, 4) is 5.75 Å². The zero-order chi connectivity index (χ0) is 15.5. The number of likely N-dealkylation sites (N-methyl/N-ethyl adjacent to an activating group) is 1. The highest BCUT2D eigenvalue weighted by Crippen LogP contribution is 2.19. The minimum atomic E-state index is 0.0112. The van der Waals surface area contributed by atoms with Crippen LogP contribution in [0.15, 0.2) is 24.3 Å². The normalized spacial score (nSPS) is 10.6. The average molecular weight is 293 g/mol. The van der Waals surface area contributed by atoms with Gasteiger partial charge in [-0.25, -0.2) is 0 Å². The lowest BCUT2D eigenvalue weighted by atomic mass is 10.3. The molecule has 0 spiro atoms. The molecule has 0 saturated carbocycles. The summed E-state index contributed by atoms with van der Waals surface area (Å²) in [7, 11) is 0. The van der Waals surface area contributed by atoms with Crippen LogP contribution < -0.4 is 15.8 Å². The molecule has 0 aliphatic carbocycles. The van der Waals surface area contributed by atoms with Crippen molar-refractivity contribution in [2.75, 3.05) is 38.5 Å². The Hall–Kier alpha value is -1.75. The topological polar surface area (TPSA) is 67.6 Å². The molecule has 3 N–H and O–H groups in total. The molecule has 0 unspecified atom stereocenters. The number of anilines is 1. The van der Waals surface area contributed by atoms with Gasteiger partial charge in [0.05, 0.1) is 18.7 Å². The molecule has 118 valence electrons. The maximum absolute atomic E-state index is 11.7. The molecule has 0 fully saturated rings. The van der Waals surface area contributed by atoms with Crippen LogP contribution in [0, 0.1) is 0 Å². The maximum atomic E-state index is 11.7. The summed E-state index contributed by atoms with van der Waals surface area (Å²) >= 11 is 0. The monoisotopic (exact) mass is 293 g/mol. The largest absolute Gasteiger partial charge is 0.491 e. The van der Waals surface area contributed by atoms with E-state index in [4.69, 9.17) is 10.5 Å². The minimum absolute atomic E-state index is 0.0112. The Bertz CT molecular complexity index is 424. The molecular formula is C16H27N3O2. The number of carbonyl (C=O) groups excluding carboxylic acids is 1. The van der Waals surface area contributed by atoms with Gasteiger partial charge in [0.1, 0.15) is 5.75 Å². The molecule has 1 aromatic rings. The predicted molar refractivity (Wildman–Crippen MR) is 86.4 cm³/mol. The molecule has 0 heterocycles. The Balaban J connectivity index is 2.15. The first-order valence-electron chi connectivity index (χ1n) is 7.63. The summed E-state index contributed by atoms with van der Waals surface area (Å²) in [5.74, 6) is 0.641. The van der Waals surface area contributed by atoms with Crippen LogP contribution in [0.25, 0.3) is 0 Å². The number of rotatable bonds is 10. The van der Waals surface area contributed by atoms with Crippen LogP contribution in [-0.4, -0.2) is 43.6 Å². The Morgan fingerprint density at radius 1 is 1.29 bits per heavy atom. The summed E-state index contributed by atoms with van der Waals surface area (Å²) in [4.78, 5) is 14.0. The molecule has 0 aromatic heterocycles. The smallest absolute Gasteiger partial charge is 0.223 e. The van der Waals surface area contributed by atoms with Crippen LogP contribution in [0.3, 0.4) is 0 Å². The summed E-state index contributed by atoms with van der Waals surface area (Å²) in [6.07, 6.45) is 1.47. The molecule has 1 aromatic carbocycles. The molecule has 0 saturated heterocycles. The van der Waals surface area contributed by atoms with Gasteiger partial charge in [-0.05, 0) is 31.6 Å². The van der Waals surface area contributed by atoms with E-state index in [-0.39, 0.29) is 5.91 Å². The van der Waals surface area contributed by atoms with E-state index in [0.717, 1.165) is 26.1 Å². The predicted octanol–water partition coefficient (Wildman–Crippen LogP) is 1.89. The summed E-state index contributed by atoms with van der Waals surface area (Å²) in [6, 6.07) is 7.29. The van der Waals surface area contributed by atoms with Crippen LogP contribution >= 0.6 is 0 Å². The van der Waals surface area contributed by atoms with Crippen LogP contribution in [0.5, 0.6) is 5.75 Å². The van der Waals surface area contributed by atoms with E-state index in [9.17, 15) is 4.79 Å². The second-order valence-corrected chi connectivity index (χ2v) is 4.92. The van der Waals surface area contributed by atoms with Gasteiger partial charge in [0.15, 0.2) is 0 Å². The Morgan fingerprint density at radius 3 is 2.71 bits per heavy atom. The minimum Gasteiger partial charge on any atom is -0.491 e. The maximum Gasteiger partial charge on any atom is 0.223 e. The molecule has 0 bridgehead atoms. The molecule has 21 heavy (non-hydrogen) atoms. The van der Waals surface area contributed by atoms with Gasteiger partial charge in [-0.15, -0.1) is 0 Å². The van der Waals surface area contributed by atoms with E-state index in [1.54, 1.807) is 12.1 Å². The van der Waals surface area contributed by atoms with Crippen molar-refractivity contribution in [2.24, 2.45) is 0 Å². The lowest BCUT2D eigenvalue weighted by Gasteiger charge is -2.19. The fraction of sp³-hybridized carbons (Fsp3) is 0.562. The van der Waals surface area contributed by atoms with E-state index < -0.39 is 0 Å². The van der Waals surface area contributed by atoms with Crippen molar-refractivity contribution in [1.82, 2.24) is 10.2 Å². The second-order valence-electron chi connectivity index (χ2n) is 4.92. The summed E-state index contributed by atoms with van der Waals surface area (Å²) in [5, 5.41) is 2.91. The number of hydrogen-bond acceptors (Lipinski definition) is 4. The van der Waals surface area contributed by atoms with Crippen molar-refractivity contribution in [1.29, 1.82) is 0 Å². The molecule has 1 rings (SSSR count). The van der Waals surface area contributed by atoms with Crippen LogP contribution in [0.4, 0.5) is 5.69 Å². The first-order valence-corrected chi connectivity index (χ1v) is 7.63. The third-order valence-corrected chi connectivity index (χ3v) is 3.24. The standard InChI is InChI=1S/C16H27N3O2/c1-3-11-19(4-2)12-10-18-16(20)9-13-21-15-8-6-5-7-14(15)17/h5-8H,3-4,9-13,17H2,1-2H3,(H,18,20). The van der Waals surface area contributed by atoms with Crippen LogP contribution in [0.1, 0.15) is 26.7 Å². The number of ether oxygens (including phenoxy) is 1. The Kier molecular flexibility index (Phi) is 8.28. The fourth-order valence-corrected chi connectivity index (χ4v) is 2.05. The number of para-hydroxylation sites is 2. The highest BCUT2D eigenvalue weighted by Gasteiger charge is 2.05. The highest BCUT2D eigenvalue weighted by molar-refractivity contribution is 5.76. The van der Waals surface area contributed by atoms with E-state index in [1.165, 1.54) is 0 Å². The number of benzene rings is 1. The number of carbonyl (C=O) groups is 1. The Morgan fingerprint density at radius 2 is 2.05 bits per heavy atom. The van der Waals surface area contributed by atoms with E-state index in [1.807, 2.05) is 12.1 Å². The van der Waals surface area contributed by atoms with Crippen molar-refractivity contribution in [3.63, 3.8) is 0 Å². The van der Waals surface area contributed by atoms with Gasteiger partial charge < -0.3 is 20.7 Å². The highest BCUT2D eigenvalue weighted by atomic mass is 16.5. The van der Waals surface area contributed by atoms with E-state index >= 15 is 0 Å². The quantitative estimate of drug-likeness (QED) is 0.646.